The first kappa shape index (κ1) is 18.7. The topological polar surface area (TPSA) is 78.7 Å². The van der Waals surface area contributed by atoms with Gasteiger partial charge in [0.25, 0.3) is 5.91 Å². The van der Waals surface area contributed by atoms with Gasteiger partial charge in [0.1, 0.15) is 0 Å². The van der Waals surface area contributed by atoms with Crippen molar-refractivity contribution in [2.24, 2.45) is 5.73 Å². The van der Waals surface area contributed by atoms with Crippen LogP contribution in [0.4, 0.5) is 5.69 Å². The summed E-state index contributed by atoms with van der Waals surface area (Å²) in [6.45, 7) is 5.58. The summed E-state index contributed by atoms with van der Waals surface area (Å²) in [4.78, 5) is 28.9. The third-order valence-electron chi connectivity index (χ3n) is 5.70. The van der Waals surface area contributed by atoms with Gasteiger partial charge >= 0.3 is 0 Å². The fourth-order valence-electron chi connectivity index (χ4n) is 4.17. The van der Waals surface area contributed by atoms with Crippen molar-refractivity contribution in [2.45, 2.75) is 25.4 Å². The predicted octanol–water partition coefficient (Wildman–Crippen LogP) is 2.32. The largest absolute Gasteiger partial charge is 0.366 e. The number of benzene rings is 2. The molecule has 4 rings (SSSR count). The highest BCUT2D eigenvalue weighted by atomic mass is 16.2. The summed E-state index contributed by atoms with van der Waals surface area (Å²) < 4.78 is 0. The Hall–Kier alpha value is -2.70. The van der Waals surface area contributed by atoms with Crippen LogP contribution in [-0.4, -0.2) is 53.8 Å². The average Bonchev–Trinajstić information content (AvgIpc) is 3.16. The minimum Gasteiger partial charge on any atom is -0.366 e. The van der Waals surface area contributed by atoms with Gasteiger partial charge in [0.15, 0.2) is 0 Å². The van der Waals surface area contributed by atoms with Crippen molar-refractivity contribution in [1.29, 1.82) is 0 Å². The zero-order valence-corrected chi connectivity index (χ0v) is 15.9. The van der Waals surface area contributed by atoms with Gasteiger partial charge < -0.3 is 11.1 Å². The molecule has 3 N–H and O–H groups in total. The summed E-state index contributed by atoms with van der Waals surface area (Å²) in [5.41, 5.74) is 8.03. The van der Waals surface area contributed by atoms with Crippen molar-refractivity contribution < 1.29 is 9.59 Å². The summed E-state index contributed by atoms with van der Waals surface area (Å²) in [7, 11) is 0. The fourth-order valence-corrected chi connectivity index (χ4v) is 4.17. The van der Waals surface area contributed by atoms with Crippen molar-refractivity contribution in [3.05, 3.63) is 65.2 Å². The van der Waals surface area contributed by atoms with E-state index in [4.69, 9.17) is 5.73 Å². The number of carbonyl (C=O) groups is 2. The van der Waals surface area contributed by atoms with Crippen LogP contribution in [0.5, 0.6) is 0 Å². The maximum absolute atomic E-state index is 12.5. The molecule has 6 heteroatoms. The van der Waals surface area contributed by atoms with Gasteiger partial charge in [-0.1, -0.05) is 18.2 Å². The molecule has 1 atom stereocenters. The number of primary amides is 1. The van der Waals surface area contributed by atoms with Gasteiger partial charge in [-0.15, -0.1) is 0 Å². The number of nitrogens with zero attached hydrogens (tertiary/aromatic N) is 2. The minimum atomic E-state index is -0.515. The molecule has 2 aliphatic heterocycles. The van der Waals surface area contributed by atoms with Crippen LogP contribution >= 0.6 is 0 Å². The molecule has 0 radical (unpaired) electrons. The van der Waals surface area contributed by atoms with Crippen LogP contribution in [0.15, 0.2) is 48.5 Å². The SMILES string of the molecule is NC(=O)c1cccc(NC(=O)c2ccc(CN3CCN4CCCC4C3)cc2)c1. The molecule has 0 aliphatic carbocycles. The lowest BCUT2D eigenvalue weighted by Crippen LogP contribution is -2.49. The molecule has 2 aromatic rings. The van der Waals surface area contributed by atoms with Crippen molar-refractivity contribution in [3.63, 3.8) is 0 Å². The van der Waals surface area contributed by atoms with Gasteiger partial charge in [-0.3, -0.25) is 19.4 Å². The second-order valence-corrected chi connectivity index (χ2v) is 7.66. The lowest BCUT2D eigenvalue weighted by atomic mass is 10.1. The van der Waals surface area contributed by atoms with Gasteiger partial charge in [-0.2, -0.15) is 0 Å². The van der Waals surface area contributed by atoms with E-state index >= 15 is 0 Å². The third-order valence-corrected chi connectivity index (χ3v) is 5.70. The Morgan fingerprint density at radius 3 is 2.64 bits per heavy atom. The van der Waals surface area contributed by atoms with Crippen LogP contribution in [0.2, 0.25) is 0 Å². The number of nitrogens with one attached hydrogen (secondary N) is 1. The molecule has 2 amide bonds. The molecule has 6 nitrogen and oxygen atoms in total. The number of nitrogens with two attached hydrogens (primary N) is 1. The molecule has 146 valence electrons. The van der Waals surface area contributed by atoms with Gasteiger partial charge in [0.05, 0.1) is 0 Å². The molecule has 2 aliphatic rings. The molecule has 0 bridgehead atoms. The average molecular weight is 378 g/mol. The Bertz CT molecular complexity index is 865. The highest BCUT2D eigenvalue weighted by Crippen LogP contribution is 2.22. The number of carbonyl (C=O) groups excluding carboxylic acids is 2. The molecule has 2 saturated heterocycles. The monoisotopic (exact) mass is 378 g/mol. The Kier molecular flexibility index (Phi) is 5.41. The molecule has 2 heterocycles. The Balaban J connectivity index is 1.35. The van der Waals surface area contributed by atoms with Gasteiger partial charge in [-0.05, 0) is 55.3 Å². The van der Waals surface area contributed by atoms with Gasteiger partial charge in [-0.25, -0.2) is 0 Å². The zero-order chi connectivity index (χ0) is 19.5. The van der Waals surface area contributed by atoms with E-state index in [0.29, 0.717) is 16.8 Å². The van der Waals surface area contributed by atoms with E-state index in [9.17, 15) is 9.59 Å². The second-order valence-electron chi connectivity index (χ2n) is 7.66. The van der Waals surface area contributed by atoms with E-state index in [2.05, 4.69) is 15.1 Å². The summed E-state index contributed by atoms with van der Waals surface area (Å²) in [5, 5.41) is 2.82. The van der Waals surface area contributed by atoms with E-state index in [-0.39, 0.29) is 5.91 Å². The standard InChI is InChI=1S/C22H26N4O2/c23-21(27)18-3-1-4-19(13-18)24-22(28)17-8-6-16(7-9-17)14-25-11-12-26-10-2-5-20(26)15-25/h1,3-4,6-9,13,20H,2,5,10-12,14-15H2,(H2,23,27)(H,24,28). The number of hydrogen-bond donors (Lipinski definition) is 2. The molecule has 0 aromatic heterocycles. The van der Waals surface area contributed by atoms with Crippen LogP contribution in [0, 0.1) is 0 Å². The van der Waals surface area contributed by atoms with E-state index in [1.807, 2.05) is 24.3 Å². The molecule has 2 fully saturated rings. The normalized spacial score (nSPS) is 19.9. The third kappa shape index (κ3) is 4.24. The highest BCUT2D eigenvalue weighted by molar-refractivity contribution is 6.05. The molecule has 2 aromatic carbocycles. The zero-order valence-electron chi connectivity index (χ0n) is 15.9. The Morgan fingerprint density at radius 1 is 1.04 bits per heavy atom. The summed E-state index contributed by atoms with van der Waals surface area (Å²) in [5.74, 6) is -0.716. The number of anilines is 1. The van der Waals surface area contributed by atoms with Crippen LogP contribution in [0.1, 0.15) is 39.1 Å². The number of rotatable bonds is 5. The van der Waals surface area contributed by atoms with Crippen LogP contribution in [0.3, 0.4) is 0 Å². The number of amides is 2. The first-order chi connectivity index (χ1) is 13.6. The van der Waals surface area contributed by atoms with Crippen LogP contribution < -0.4 is 11.1 Å². The first-order valence-electron chi connectivity index (χ1n) is 9.85. The first-order valence-corrected chi connectivity index (χ1v) is 9.85. The van der Waals surface area contributed by atoms with Crippen LogP contribution in [-0.2, 0) is 6.54 Å². The lowest BCUT2D eigenvalue weighted by molar-refractivity contribution is 0.0992. The fraction of sp³-hybridized carbons (Fsp3) is 0.364. The van der Waals surface area contributed by atoms with Crippen molar-refractivity contribution in [3.8, 4) is 0 Å². The Morgan fingerprint density at radius 2 is 1.86 bits per heavy atom. The summed E-state index contributed by atoms with van der Waals surface area (Å²) in [6, 6.07) is 15.1. The van der Waals surface area contributed by atoms with E-state index in [1.54, 1.807) is 24.3 Å². The molecule has 0 spiro atoms. The summed E-state index contributed by atoms with van der Waals surface area (Å²) >= 11 is 0. The predicted molar refractivity (Wildman–Crippen MR) is 109 cm³/mol. The lowest BCUT2D eigenvalue weighted by Gasteiger charge is -2.37. The molecule has 28 heavy (non-hydrogen) atoms. The van der Waals surface area contributed by atoms with E-state index < -0.39 is 5.91 Å². The highest BCUT2D eigenvalue weighted by Gasteiger charge is 2.30. The van der Waals surface area contributed by atoms with Gasteiger partial charge in [0, 0.05) is 49.0 Å². The second kappa shape index (κ2) is 8.12. The number of fused-ring (bicyclic) bond motifs is 1. The molecular weight excluding hydrogens is 352 g/mol. The minimum absolute atomic E-state index is 0.201. The van der Waals surface area contributed by atoms with Crippen molar-refractivity contribution in [2.75, 3.05) is 31.5 Å². The van der Waals surface area contributed by atoms with E-state index in [0.717, 1.165) is 32.2 Å². The number of hydrogen-bond acceptors (Lipinski definition) is 4. The molecule has 0 saturated carbocycles. The molecular formula is C22H26N4O2. The summed E-state index contributed by atoms with van der Waals surface area (Å²) in [6.07, 6.45) is 2.64. The Labute approximate surface area is 165 Å². The maximum atomic E-state index is 12.5. The number of piperazine rings is 1. The smallest absolute Gasteiger partial charge is 0.255 e. The molecule has 1 unspecified atom stereocenters. The van der Waals surface area contributed by atoms with Crippen molar-refractivity contribution >= 4 is 17.5 Å². The van der Waals surface area contributed by atoms with E-state index in [1.165, 1.54) is 24.9 Å². The quantitative estimate of drug-likeness (QED) is 0.837. The van der Waals surface area contributed by atoms with Gasteiger partial charge in [0.2, 0.25) is 5.91 Å². The van der Waals surface area contributed by atoms with Crippen molar-refractivity contribution in [1.82, 2.24) is 9.80 Å². The van der Waals surface area contributed by atoms with Crippen LogP contribution in [0.25, 0.3) is 0 Å². The maximum Gasteiger partial charge on any atom is 0.255 e.